The summed E-state index contributed by atoms with van der Waals surface area (Å²) in [7, 11) is 3.06. The van der Waals surface area contributed by atoms with E-state index < -0.39 is 17.8 Å². The zero-order chi connectivity index (χ0) is 31.7. The number of carbonyl (C=O) groups is 3. The van der Waals surface area contributed by atoms with Gasteiger partial charge in [0.1, 0.15) is 12.3 Å². The van der Waals surface area contributed by atoms with Crippen molar-refractivity contribution in [2.45, 2.75) is 6.18 Å². The van der Waals surface area contributed by atoms with Crippen LogP contribution in [0.25, 0.3) is 0 Å². The molecule has 2 N–H and O–H groups in total. The van der Waals surface area contributed by atoms with Crippen molar-refractivity contribution >= 4 is 34.9 Å². The molecule has 4 rings (SSSR count). The Balaban J connectivity index is 1.28. The van der Waals surface area contributed by atoms with E-state index in [1.165, 1.54) is 31.3 Å². The fourth-order valence-corrected chi connectivity index (χ4v) is 4.64. The number of amides is 4. The molecule has 0 bridgehead atoms. The average Bonchev–Trinajstić information content (AvgIpc) is 3.03. The third-order valence-electron chi connectivity index (χ3n) is 7.05. The number of hydrogen-bond acceptors (Lipinski definition) is 6. The number of methoxy groups -OCH3 is 2. The van der Waals surface area contributed by atoms with Crippen molar-refractivity contribution in [2.75, 3.05) is 75.6 Å². The van der Waals surface area contributed by atoms with Gasteiger partial charge in [0.25, 0.3) is 5.91 Å². The number of benzene rings is 3. The topological polar surface area (TPSA) is 103 Å². The maximum atomic E-state index is 13.0. The van der Waals surface area contributed by atoms with Crippen molar-refractivity contribution < 1.29 is 37.0 Å². The highest BCUT2D eigenvalue weighted by Crippen LogP contribution is 2.30. The van der Waals surface area contributed by atoms with E-state index in [9.17, 15) is 27.6 Å². The summed E-state index contributed by atoms with van der Waals surface area (Å²) in [5.74, 6) is -0.0541. The van der Waals surface area contributed by atoms with Gasteiger partial charge in [-0.3, -0.25) is 9.59 Å². The van der Waals surface area contributed by atoms with E-state index in [1.54, 1.807) is 41.3 Å². The molecule has 44 heavy (non-hydrogen) atoms. The third-order valence-corrected chi connectivity index (χ3v) is 7.05. The molecule has 1 saturated heterocycles. The molecular weight excluding hydrogens is 579 g/mol. The molecule has 1 heterocycles. The second kappa shape index (κ2) is 14.6. The molecule has 13 heteroatoms. The molecule has 4 amide bonds. The lowest BCUT2D eigenvalue weighted by Gasteiger charge is -2.36. The monoisotopic (exact) mass is 613 g/mol. The number of nitrogens with zero attached hydrogens (tertiary/aromatic N) is 3. The number of piperazine rings is 1. The number of rotatable bonds is 10. The first kappa shape index (κ1) is 32.1. The Morgan fingerprint density at radius 2 is 1.55 bits per heavy atom. The molecule has 0 aliphatic carbocycles. The van der Waals surface area contributed by atoms with Crippen LogP contribution >= 0.6 is 0 Å². The molecule has 234 valence electrons. The van der Waals surface area contributed by atoms with Crippen LogP contribution < -0.4 is 20.3 Å². The summed E-state index contributed by atoms with van der Waals surface area (Å²) in [4.78, 5) is 43.5. The quantitative estimate of drug-likeness (QED) is 0.341. The Bertz CT molecular complexity index is 1430. The maximum Gasteiger partial charge on any atom is 0.416 e. The first-order valence-corrected chi connectivity index (χ1v) is 13.9. The van der Waals surface area contributed by atoms with Gasteiger partial charge in [-0.2, -0.15) is 13.2 Å². The second-order valence-corrected chi connectivity index (χ2v) is 10.0. The number of urea groups is 1. The van der Waals surface area contributed by atoms with Gasteiger partial charge in [0.05, 0.1) is 19.3 Å². The molecule has 3 aromatic carbocycles. The lowest BCUT2D eigenvalue weighted by Crippen LogP contribution is -2.50. The molecule has 0 radical (unpaired) electrons. The highest BCUT2D eigenvalue weighted by molar-refractivity contribution is 5.99. The highest BCUT2D eigenvalue weighted by Gasteiger charge is 2.31. The van der Waals surface area contributed by atoms with Crippen molar-refractivity contribution in [3.8, 4) is 5.75 Å². The molecule has 0 atom stereocenters. The van der Waals surface area contributed by atoms with Crippen LogP contribution in [0.3, 0.4) is 0 Å². The van der Waals surface area contributed by atoms with Gasteiger partial charge < -0.3 is 34.8 Å². The minimum atomic E-state index is -4.49. The predicted molar refractivity (Wildman–Crippen MR) is 160 cm³/mol. The number of hydrogen-bond donors (Lipinski definition) is 2. The van der Waals surface area contributed by atoms with E-state index in [0.29, 0.717) is 43.2 Å². The first-order valence-electron chi connectivity index (χ1n) is 13.9. The van der Waals surface area contributed by atoms with Gasteiger partial charge in [-0.05, 0) is 66.7 Å². The Labute approximate surface area is 253 Å². The Morgan fingerprint density at radius 1 is 0.864 bits per heavy atom. The minimum Gasteiger partial charge on any atom is -0.497 e. The summed E-state index contributed by atoms with van der Waals surface area (Å²) >= 11 is 0. The van der Waals surface area contributed by atoms with Crippen LogP contribution in [0, 0.1) is 0 Å². The fourth-order valence-electron chi connectivity index (χ4n) is 4.64. The smallest absolute Gasteiger partial charge is 0.416 e. The molecule has 0 saturated carbocycles. The third kappa shape index (κ3) is 8.63. The zero-order valence-electron chi connectivity index (χ0n) is 24.4. The fraction of sp³-hybridized carbons (Fsp3) is 0.323. The van der Waals surface area contributed by atoms with Gasteiger partial charge in [0.15, 0.2) is 0 Å². The normalized spacial score (nSPS) is 13.3. The van der Waals surface area contributed by atoms with Crippen LogP contribution in [0.4, 0.5) is 35.0 Å². The lowest BCUT2D eigenvalue weighted by molar-refractivity contribution is -0.137. The Kier molecular flexibility index (Phi) is 10.7. The number of carbonyl (C=O) groups excluding carboxylic acids is 3. The molecule has 10 nitrogen and oxygen atoms in total. The molecule has 1 fully saturated rings. The summed E-state index contributed by atoms with van der Waals surface area (Å²) in [6.45, 7) is 2.13. The number of anilines is 3. The van der Waals surface area contributed by atoms with Gasteiger partial charge in [-0.25, -0.2) is 4.79 Å². The first-order chi connectivity index (χ1) is 21.1. The van der Waals surface area contributed by atoms with E-state index in [-0.39, 0.29) is 37.2 Å². The van der Waals surface area contributed by atoms with E-state index in [2.05, 4.69) is 15.5 Å². The number of alkyl halides is 3. The van der Waals surface area contributed by atoms with Gasteiger partial charge in [0.2, 0.25) is 5.91 Å². The van der Waals surface area contributed by atoms with Crippen LogP contribution in [0.1, 0.15) is 15.9 Å². The average molecular weight is 614 g/mol. The van der Waals surface area contributed by atoms with Crippen LogP contribution in [-0.4, -0.2) is 87.7 Å². The second-order valence-electron chi connectivity index (χ2n) is 10.0. The summed E-state index contributed by atoms with van der Waals surface area (Å²) in [5, 5.41) is 5.36. The van der Waals surface area contributed by atoms with Crippen LogP contribution in [0.15, 0.2) is 72.8 Å². The van der Waals surface area contributed by atoms with Gasteiger partial charge in [-0.1, -0.05) is 6.07 Å². The minimum absolute atomic E-state index is 0.0804. The molecule has 3 aromatic rings. The maximum absolute atomic E-state index is 13.0. The number of halogens is 3. The molecule has 0 aromatic heterocycles. The van der Waals surface area contributed by atoms with E-state index >= 15 is 0 Å². The van der Waals surface area contributed by atoms with E-state index in [4.69, 9.17) is 9.47 Å². The van der Waals surface area contributed by atoms with E-state index in [0.717, 1.165) is 17.8 Å². The SMILES string of the molecule is COCCN(CC(=O)Nc1ccc(N2CCN(C(=O)Nc3cccc(C(F)(F)F)c3)CC2)cc1)C(=O)c1ccc(OC)cc1. The van der Waals surface area contributed by atoms with Crippen LogP contribution in [0.5, 0.6) is 5.75 Å². The van der Waals surface area contributed by atoms with Crippen molar-refractivity contribution in [1.82, 2.24) is 9.80 Å². The van der Waals surface area contributed by atoms with Gasteiger partial charge in [-0.15, -0.1) is 0 Å². The van der Waals surface area contributed by atoms with Crippen molar-refractivity contribution in [2.24, 2.45) is 0 Å². The Hall–Kier alpha value is -4.78. The summed E-state index contributed by atoms with van der Waals surface area (Å²) in [6, 6.07) is 17.9. The molecule has 1 aliphatic heterocycles. The predicted octanol–water partition coefficient (Wildman–Crippen LogP) is 4.80. The van der Waals surface area contributed by atoms with Crippen molar-refractivity contribution in [1.29, 1.82) is 0 Å². The Morgan fingerprint density at radius 3 is 2.16 bits per heavy atom. The van der Waals surface area contributed by atoms with Crippen molar-refractivity contribution in [3.05, 3.63) is 83.9 Å². The zero-order valence-corrected chi connectivity index (χ0v) is 24.4. The van der Waals surface area contributed by atoms with Gasteiger partial charge in [0, 0.05) is 62.5 Å². The molecular formula is C31H34F3N5O5. The summed E-state index contributed by atoms with van der Waals surface area (Å²) < 4.78 is 49.2. The number of ether oxygens (including phenoxy) is 2. The molecule has 0 spiro atoms. The lowest BCUT2D eigenvalue weighted by atomic mass is 10.2. The van der Waals surface area contributed by atoms with Crippen LogP contribution in [0.2, 0.25) is 0 Å². The summed E-state index contributed by atoms with van der Waals surface area (Å²) in [6.07, 6.45) is -4.49. The standard InChI is InChI=1S/C31H34F3N5O5/c1-43-19-18-39(29(41)22-6-12-27(44-2)13-7-22)21-28(40)35-24-8-10-26(11-9-24)37-14-16-38(17-15-37)30(42)36-25-5-3-4-23(20-25)31(32,33)34/h3-13,20H,14-19,21H2,1-2H3,(H,35,40)(H,36,42). The molecule has 1 aliphatic rings. The van der Waals surface area contributed by atoms with Crippen LogP contribution in [-0.2, 0) is 15.7 Å². The van der Waals surface area contributed by atoms with Gasteiger partial charge >= 0.3 is 12.2 Å². The summed E-state index contributed by atoms with van der Waals surface area (Å²) in [5.41, 5.74) is 1.12. The van der Waals surface area contributed by atoms with Crippen molar-refractivity contribution in [3.63, 3.8) is 0 Å². The molecule has 0 unspecified atom stereocenters. The number of nitrogens with one attached hydrogen (secondary N) is 2. The van der Waals surface area contributed by atoms with E-state index in [1.807, 2.05) is 12.1 Å². The largest absolute Gasteiger partial charge is 0.497 e. The highest BCUT2D eigenvalue weighted by atomic mass is 19.4.